The molecular formula is C15H28N2. The van der Waals surface area contributed by atoms with Crippen LogP contribution in [0.4, 0.5) is 0 Å². The molecule has 1 N–H and O–H groups in total. The highest BCUT2D eigenvalue weighted by molar-refractivity contribution is 4.96. The third kappa shape index (κ3) is 2.68. The Balaban J connectivity index is 1.43. The second-order valence-corrected chi connectivity index (χ2v) is 6.79. The lowest BCUT2D eigenvalue weighted by Crippen LogP contribution is -2.37. The van der Waals surface area contributed by atoms with Crippen LogP contribution in [0.2, 0.25) is 0 Å². The van der Waals surface area contributed by atoms with Crippen LogP contribution in [0.15, 0.2) is 0 Å². The lowest BCUT2D eigenvalue weighted by molar-refractivity contribution is 0.254. The van der Waals surface area contributed by atoms with Crippen molar-refractivity contribution in [3.63, 3.8) is 0 Å². The van der Waals surface area contributed by atoms with E-state index < -0.39 is 0 Å². The van der Waals surface area contributed by atoms with E-state index in [2.05, 4.69) is 24.1 Å². The van der Waals surface area contributed by atoms with Crippen LogP contribution in [0.25, 0.3) is 0 Å². The van der Waals surface area contributed by atoms with Gasteiger partial charge in [-0.05, 0) is 51.0 Å². The number of rotatable bonds is 4. The average Bonchev–Trinajstić information content (AvgIpc) is 2.96. The first kappa shape index (κ1) is 12.0. The maximum absolute atomic E-state index is 3.86. The molecule has 3 fully saturated rings. The Bertz CT molecular complexity index is 262. The second kappa shape index (κ2) is 4.89. The van der Waals surface area contributed by atoms with Gasteiger partial charge in [0.25, 0.3) is 0 Å². The predicted octanol–water partition coefficient (Wildman–Crippen LogP) is 2.64. The van der Waals surface area contributed by atoms with Gasteiger partial charge >= 0.3 is 0 Å². The van der Waals surface area contributed by atoms with E-state index in [1.165, 1.54) is 51.6 Å². The summed E-state index contributed by atoms with van der Waals surface area (Å²) < 4.78 is 0. The quantitative estimate of drug-likeness (QED) is 0.807. The highest BCUT2D eigenvalue weighted by Crippen LogP contribution is 2.34. The largest absolute Gasteiger partial charge is 0.312 e. The number of hydrogen-bond acceptors (Lipinski definition) is 2. The summed E-state index contributed by atoms with van der Waals surface area (Å²) in [6.45, 7) is 7.44. The summed E-state index contributed by atoms with van der Waals surface area (Å²) >= 11 is 0. The van der Waals surface area contributed by atoms with Crippen LogP contribution in [0.5, 0.6) is 0 Å². The summed E-state index contributed by atoms with van der Waals surface area (Å²) in [5.41, 5.74) is 0. The smallest absolute Gasteiger partial charge is 0.0210 e. The van der Waals surface area contributed by atoms with E-state index in [4.69, 9.17) is 0 Å². The van der Waals surface area contributed by atoms with Gasteiger partial charge in [-0.15, -0.1) is 0 Å². The summed E-state index contributed by atoms with van der Waals surface area (Å²) in [7, 11) is 0. The first-order valence-corrected chi connectivity index (χ1v) is 7.73. The molecule has 3 rings (SSSR count). The van der Waals surface area contributed by atoms with Gasteiger partial charge in [-0.25, -0.2) is 0 Å². The summed E-state index contributed by atoms with van der Waals surface area (Å²) in [5.74, 6) is 1.92. The highest BCUT2D eigenvalue weighted by Gasteiger charge is 2.38. The van der Waals surface area contributed by atoms with Gasteiger partial charge in [-0.2, -0.15) is 0 Å². The molecular weight excluding hydrogens is 208 g/mol. The van der Waals surface area contributed by atoms with Crippen molar-refractivity contribution >= 4 is 0 Å². The fourth-order valence-corrected chi connectivity index (χ4v) is 3.96. The summed E-state index contributed by atoms with van der Waals surface area (Å²) in [5, 5.41) is 3.86. The van der Waals surface area contributed by atoms with E-state index in [0.29, 0.717) is 0 Å². The van der Waals surface area contributed by atoms with Crippen molar-refractivity contribution in [2.24, 2.45) is 11.8 Å². The fraction of sp³-hybridized carbons (Fsp3) is 1.00. The Morgan fingerprint density at radius 1 is 1.12 bits per heavy atom. The van der Waals surface area contributed by atoms with Crippen molar-refractivity contribution in [1.29, 1.82) is 0 Å². The zero-order valence-corrected chi connectivity index (χ0v) is 11.5. The van der Waals surface area contributed by atoms with Gasteiger partial charge in [0, 0.05) is 24.7 Å². The Hall–Kier alpha value is -0.0800. The van der Waals surface area contributed by atoms with Crippen molar-refractivity contribution in [3.05, 3.63) is 0 Å². The molecule has 0 bridgehead atoms. The molecule has 1 heterocycles. The van der Waals surface area contributed by atoms with Crippen LogP contribution in [-0.4, -0.2) is 36.1 Å². The zero-order valence-electron chi connectivity index (χ0n) is 11.5. The van der Waals surface area contributed by atoms with Crippen LogP contribution in [0.1, 0.15) is 52.4 Å². The van der Waals surface area contributed by atoms with E-state index in [-0.39, 0.29) is 0 Å². The van der Waals surface area contributed by atoms with Gasteiger partial charge in [0.05, 0.1) is 0 Å². The molecule has 17 heavy (non-hydrogen) atoms. The number of nitrogens with zero attached hydrogens (tertiary/aromatic N) is 1. The molecule has 4 atom stereocenters. The van der Waals surface area contributed by atoms with Crippen molar-refractivity contribution in [1.82, 2.24) is 10.2 Å². The van der Waals surface area contributed by atoms with Crippen molar-refractivity contribution < 1.29 is 0 Å². The third-order valence-corrected chi connectivity index (χ3v) is 5.35. The minimum absolute atomic E-state index is 0.776. The van der Waals surface area contributed by atoms with E-state index in [0.717, 1.165) is 30.0 Å². The van der Waals surface area contributed by atoms with Crippen LogP contribution < -0.4 is 5.32 Å². The van der Waals surface area contributed by atoms with E-state index in [9.17, 15) is 0 Å². The molecule has 0 spiro atoms. The maximum Gasteiger partial charge on any atom is 0.0210 e. The van der Waals surface area contributed by atoms with E-state index in [1.54, 1.807) is 0 Å². The molecule has 0 amide bonds. The van der Waals surface area contributed by atoms with Crippen LogP contribution in [0.3, 0.4) is 0 Å². The maximum atomic E-state index is 3.86. The van der Waals surface area contributed by atoms with Crippen LogP contribution in [-0.2, 0) is 0 Å². The summed E-state index contributed by atoms with van der Waals surface area (Å²) in [6.07, 6.45) is 8.66. The van der Waals surface area contributed by atoms with Gasteiger partial charge in [0.15, 0.2) is 0 Å². The molecule has 1 aliphatic heterocycles. The van der Waals surface area contributed by atoms with Gasteiger partial charge in [0.1, 0.15) is 0 Å². The minimum Gasteiger partial charge on any atom is -0.312 e. The van der Waals surface area contributed by atoms with Crippen molar-refractivity contribution in [2.45, 2.75) is 70.5 Å². The molecule has 2 aliphatic carbocycles. The lowest BCUT2D eigenvalue weighted by Gasteiger charge is -2.21. The molecule has 0 aromatic carbocycles. The molecule has 2 nitrogen and oxygen atoms in total. The normalized spacial score (nSPS) is 43.4. The predicted molar refractivity (Wildman–Crippen MR) is 72.1 cm³/mol. The summed E-state index contributed by atoms with van der Waals surface area (Å²) in [6, 6.07) is 2.54. The molecule has 0 radical (unpaired) electrons. The van der Waals surface area contributed by atoms with E-state index in [1.807, 2.05) is 0 Å². The molecule has 0 aromatic heterocycles. The standard InChI is InChI=1S/C15H28N2/c1-11-4-3-5-13(11)9-16-14-8-12(2)17(10-14)15-6-7-15/h11-16H,3-10H2,1-2H3. The molecule has 4 unspecified atom stereocenters. The van der Waals surface area contributed by atoms with Crippen LogP contribution in [0, 0.1) is 11.8 Å². The van der Waals surface area contributed by atoms with Crippen LogP contribution >= 0.6 is 0 Å². The van der Waals surface area contributed by atoms with Gasteiger partial charge in [-0.3, -0.25) is 4.90 Å². The lowest BCUT2D eigenvalue weighted by atomic mass is 9.98. The fourth-order valence-electron chi connectivity index (χ4n) is 3.96. The Kier molecular flexibility index (Phi) is 3.45. The van der Waals surface area contributed by atoms with Crippen molar-refractivity contribution in [2.75, 3.05) is 13.1 Å². The molecule has 98 valence electrons. The number of likely N-dealkylation sites (tertiary alicyclic amines) is 1. The Morgan fingerprint density at radius 3 is 2.59 bits per heavy atom. The molecule has 0 aromatic rings. The topological polar surface area (TPSA) is 15.3 Å². The number of hydrogen-bond donors (Lipinski definition) is 1. The minimum atomic E-state index is 0.776. The Labute approximate surface area is 106 Å². The highest BCUT2D eigenvalue weighted by atomic mass is 15.3. The van der Waals surface area contributed by atoms with Gasteiger partial charge < -0.3 is 5.32 Å². The SMILES string of the molecule is CC1CCCC1CNC1CC(C)N(C2CC2)C1. The van der Waals surface area contributed by atoms with Gasteiger partial charge in [-0.1, -0.05) is 19.8 Å². The average molecular weight is 236 g/mol. The summed E-state index contributed by atoms with van der Waals surface area (Å²) in [4.78, 5) is 2.75. The molecule has 2 saturated carbocycles. The monoisotopic (exact) mass is 236 g/mol. The molecule has 3 aliphatic rings. The van der Waals surface area contributed by atoms with E-state index >= 15 is 0 Å². The Morgan fingerprint density at radius 2 is 1.94 bits per heavy atom. The second-order valence-electron chi connectivity index (χ2n) is 6.79. The first-order chi connectivity index (χ1) is 8.24. The third-order valence-electron chi connectivity index (χ3n) is 5.35. The van der Waals surface area contributed by atoms with Gasteiger partial charge in [0.2, 0.25) is 0 Å². The number of nitrogens with one attached hydrogen (secondary N) is 1. The first-order valence-electron chi connectivity index (χ1n) is 7.73. The zero-order chi connectivity index (χ0) is 11.8. The van der Waals surface area contributed by atoms with Crippen molar-refractivity contribution in [3.8, 4) is 0 Å². The molecule has 2 heteroatoms. The molecule has 1 saturated heterocycles.